The Hall–Kier alpha value is -0.640. The summed E-state index contributed by atoms with van der Waals surface area (Å²) in [6.45, 7) is 4.10. The molecule has 2 atom stereocenters. The maximum absolute atomic E-state index is 12.8. The van der Waals surface area contributed by atoms with Crippen LogP contribution in [0.4, 0.5) is 4.39 Å². The molecule has 0 heterocycles. The van der Waals surface area contributed by atoms with Crippen LogP contribution in [0.1, 0.15) is 25.5 Å². The molecule has 84 valence electrons. The fraction of sp³-hybridized carbons (Fsp3) is 0.455. The summed E-state index contributed by atoms with van der Waals surface area (Å²) in [4.78, 5) is 0. The standard InChI is InChI=1S/C11H15ClFNO/c1-7(15)6-14-8(2)10-4-3-9(13)5-11(10)12/h3-5,7-8,14-15H,6H2,1-2H3/t7-,8-/m1/s1. The van der Waals surface area contributed by atoms with Crippen molar-refractivity contribution < 1.29 is 9.50 Å². The van der Waals surface area contributed by atoms with Gasteiger partial charge in [-0.2, -0.15) is 0 Å². The lowest BCUT2D eigenvalue weighted by Gasteiger charge is -2.16. The molecular formula is C11H15ClFNO. The molecule has 0 fully saturated rings. The zero-order valence-electron chi connectivity index (χ0n) is 8.80. The van der Waals surface area contributed by atoms with E-state index in [9.17, 15) is 4.39 Å². The second-order valence-electron chi connectivity index (χ2n) is 3.64. The summed E-state index contributed by atoms with van der Waals surface area (Å²) < 4.78 is 12.8. The first-order valence-electron chi connectivity index (χ1n) is 4.87. The van der Waals surface area contributed by atoms with Crippen molar-refractivity contribution >= 4 is 11.6 Å². The fourth-order valence-electron chi connectivity index (χ4n) is 1.31. The van der Waals surface area contributed by atoms with Crippen molar-refractivity contribution in [2.75, 3.05) is 6.54 Å². The summed E-state index contributed by atoms with van der Waals surface area (Å²) >= 11 is 5.90. The summed E-state index contributed by atoms with van der Waals surface area (Å²) in [5.74, 6) is -0.341. The number of halogens is 2. The van der Waals surface area contributed by atoms with Crippen molar-refractivity contribution in [3.63, 3.8) is 0 Å². The van der Waals surface area contributed by atoms with Crippen molar-refractivity contribution in [2.24, 2.45) is 0 Å². The first kappa shape index (κ1) is 12.4. The summed E-state index contributed by atoms with van der Waals surface area (Å²) in [5.41, 5.74) is 0.832. The van der Waals surface area contributed by atoms with Crippen molar-refractivity contribution in [3.05, 3.63) is 34.6 Å². The molecule has 0 aliphatic rings. The Morgan fingerprint density at radius 1 is 1.47 bits per heavy atom. The maximum atomic E-state index is 12.8. The number of aliphatic hydroxyl groups excluding tert-OH is 1. The van der Waals surface area contributed by atoms with E-state index in [0.29, 0.717) is 11.6 Å². The van der Waals surface area contributed by atoms with E-state index in [4.69, 9.17) is 16.7 Å². The number of hydrogen-bond acceptors (Lipinski definition) is 2. The molecule has 0 aliphatic carbocycles. The van der Waals surface area contributed by atoms with Gasteiger partial charge in [-0.25, -0.2) is 4.39 Å². The van der Waals surface area contributed by atoms with Crippen molar-refractivity contribution in [2.45, 2.75) is 26.0 Å². The number of nitrogens with one attached hydrogen (secondary N) is 1. The van der Waals surface area contributed by atoms with Crippen LogP contribution in [-0.4, -0.2) is 17.8 Å². The molecule has 0 unspecified atom stereocenters. The van der Waals surface area contributed by atoms with E-state index >= 15 is 0 Å². The third-order valence-corrected chi connectivity index (χ3v) is 2.48. The molecule has 0 aliphatic heterocycles. The summed E-state index contributed by atoms with van der Waals surface area (Å²) in [5, 5.41) is 12.6. The van der Waals surface area contributed by atoms with Gasteiger partial charge in [0.1, 0.15) is 5.82 Å². The van der Waals surface area contributed by atoms with Crippen LogP contribution in [0.5, 0.6) is 0 Å². The Labute approximate surface area is 94.1 Å². The lowest BCUT2D eigenvalue weighted by molar-refractivity contribution is 0.187. The Morgan fingerprint density at radius 3 is 2.67 bits per heavy atom. The molecule has 0 radical (unpaired) electrons. The average molecular weight is 232 g/mol. The summed E-state index contributed by atoms with van der Waals surface area (Å²) in [7, 11) is 0. The van der Waals surface area contributed by atoms with Gasteiger partial charge in [-0.3, -0.25) is 0 Å². The van der Waals surface area contributed by atoms with Gasteiger partial charge in [0.15, 0.2) is 0 Å². The predicted octanol–water partition coefficient (Wildman–Crippen LogP) is 2.51. The van der Waals surface area contributed by atoms with Crippen molar-refractivity contribution in [3.8, 4) is 0 Å². The molecule has 15 heavy (non-hydrogen) atoms. The van der Waals surface area contributed by atoms with Gasteiger partial charge >= 0.3 is 0 Å². The Balaban J connectivity index is 2.69. The molecule has 0 bridgehead atoms. The molecule has 1 aromatic rings. The quantitative estimate of drug-likeness (QED) is 0.835. The Bertz CT molecular complexity index is 330. The first-order chi connectivity index (χ1) is 7.00. The van der Waals surface area contributed by atoms with Gasteiger partial charge in [-0.1, -0.05) is 17.7 Å². The minimum Gasteiger partial charge on any atom is -0.392 e. The van der Waals surface area contributed by atoms with Gasteiger partial charge in [0.05, 0.1) is 6.10 Å². The number of benzene rings is 1. The topological polar surface area (TPSA) is 32.3 Å². The van der Waals surface area contributed by atoms with Crippen molar-refractivity contribution in [1.29, 1.82) is 0 Å². The summed E-state index contributed by atoms with van der Waals surface area (Å²) in [6.07, 6.45) is -0.410. The second-order valence-corrected chi connectivity index (χ2v) is 4.05. The second kappa shape index (κ2) is 5.45. The van der Waals surface area contributed by atoms with Crippen LogP contribution in [0.15, 0.2) is 18.2 Å². The Kier molecular flexibility index (Phi) is 4.51. The van der Waals surface area contributed by atoms with Crippen LogP contribution in [0.2, 0.25) is 5.02 Å². The van der Waals surface area contributed by atoms with Crippen LogP contribution in [-0.2, 0) is 0 Å². The highest BCUT2D eigenvalue weighted by molar-refractivity contribution is 6.31. The zero-order valence-corrected chi connectivity index (χ0v) is 9.55. The lowest BCUT2D eigenvalue weighted by Crippen LogP contribution is -2.27. The molecule has 0 spiro atoms. The molecule has 2 nitrogen and oxygen atoms in total. The van der Waals surface area contributed by atoms with E-state index in [-0.39, 0.29) is 11.9 Å². The molecular weight excluding hydrogens is 217 g/mol. The zero-order chi connectivity index (χ0) is 11.4. The number of hydrogen-bond donors (Lipinski definition) is 2. The molecule has 2 N–H and O–H groups in total. The fourth-order valence-corrected chi connectivity index (χ4v) is 1.64. The molecule has 0 saturated carbocycles. The lowest BCUT2D eigenvalue weighted by atomic mass is 10.1. The van der Waals surface area contributed by atoms with E-state index in [1.165, 1.54) is 12.1 Å². The van der Waals surface area contributed by atoms with E-state index in [1.807, 2.05) is 6.92 Å². The first-order valence-corrected chi connectivity index (χ1v) is 5.25. The highest BCUT2D eigenvalue weighted by Gasteiger charge is 2.10. The number of rotatable bonds is 4. The van der Waals surface area contributed by atoms with Crippen LogP contribution in [0, 0.1) is 5.82 Å². The Morgan fingerprint density at radius 2 is 2.13 bits per heavy atom. The van der Waals surface area contributed by atoms with E-state index in [2.05, 4.69) is 5.32 Å². The van der Waals surface area contributed by atoms with Gasteiger partial charge in [0, 0.05) is 17.6 Å². The van der Waals surface area contributed by atoms with Gasteiger partial charge in [-0.05, 0) is 31.5 Å². The van der Waals surface area contributed by atoms with E-state index in [0.717, 1.165) is 5.56 Å². The normalized spacial score (nSPS) is 15.0. The van der Waals surface area contributed by atoms with Crippen LogP contribution < -0.4 is 5.32 Å². The highest BCUT2D eigenvalue weighted by atomic mass is 35.5. The minimum atomic E-state index is -0.410. The minimum absolute atomic E-state index is 0.00676. The van der Waals surface area contributed by atoms with Crippen LogP contribution >= 0.6 is 11.6 Å². The largest absolute Gasteiger partial charge is 0.392 e. The molecule has 1 rings (SSSR count). The van der Waals surface area contributed by atoms with E-state index in [1.54, 1.807) is 13.0 Å². The van der Waals surface area contributed by atoms with Crippen LogP contribution in [0.25, 0.3) is 0 Å². The predicted molar refractivity (Wildman–Crippen MR) is 59.5 cm³/mol. The van der Waals surface area contributed by atoms with Gasteiger partial charge in [0.25, 0.3) is 0 Å². The molecule has 4 heteroatoms. The van der Waals surface area contributed by atoms with E-state index < -0.39 is 6.10 Å². The maximum Gasteiger partial charge on any atom is 0.124 e. The molecule has 0 aromatic heterocycles. The smallest absolute Gasteiger partial charge is 0.124 e. The third kappa shape index (κ3) is 3.78. The summed E-state index contributed by atoms with van der Waals surface area (Å²) in [6, 6.07) is 4.31. The third-order valence-electron chi connectivity index (χ3n) is 2.15. The average Bonchev–Trinajstić information content (AvgIpc) is 2.14. The SMILES string of the molecule is C[C@@H](O)CN[C@H](C)c1ccc(F)cc1Cl. The molecule has 0 saturated heterocycles. The van der Waals surface area contributed by atoms with Gasteiger partial charge < -0.3 is 10.4 Å². The van der Waals surface area contributed by atoms with Gasteiger partial charge in [0.2, 0.25) is 0 Å². The highest BCUT2D eigenvalue weighted by Crippen LogP contribution is 2.23. The monoisotopic (exact) mass is 231 g/mol. The van der Waals surface area contributed by atoms with Crippen molar-refractivity contribution in [1.82, 2.24) is 5.32 Å². The molecule has 0 amide bonds. The molecule has 1 aromatic carbocycles. The number of aliphatic hydroxyl groups is 1. The van der Waals surface area contributed by atoms with Gasteiger partial charge in [-0.15, -0.1) is 0 Å². The van der Waals surface area contributed by atoms with Crippen LogP contribution in [0.3, 0.4) is 0 Å².